The molecule has 0 aliphatic carbocycles. The lowest BCUT2D eigenvalue weighted by molar-refractivity contribution is -0.145. The number of imidazole rings is 1. The normalized spacial score (nSPS) is 17.8. The van der Waals surface area contributed by atoms with Gasteiger partial charge in [0.15, 0.2) is 0 Å². The molecular formula is C17H22F3N5O2. The minimum Gasteiger partial charge on any atom is -0.361 e. The number of carbonyl (C=O) groups is 1. The lowest BCUT2D eigenvalue weighted by atomic mass is 9.85. The maximum Gasteiger partial charge on any atom is 0.405 e. The van der Waals surface area contributed by atoms with Gasteiger partial charge >= 0.3 is 6.18 Å². The molecule has 1 N–H and O–H groups in total. The molecule has 7 nitrogen and oxygen atoms in total. The zero-order chi connectivity index (χ0) is 19.7. The Morgan fingerprint density at radius 2 is 2.04 bits per heavy atom. The Hall–Kier alpha value is -2.36. The number of nitrogens with zero attached hydrogens (tertiary/aromatic N) is 4. The molecule has 0 atom stereocenters. The monoisotopic (exact) mass is 385 g/mol. The number of hydrogen-bond donors (Lipinski definition) is 1. The van der Waals surface area contributed by atoms with Crippen molar-refractivity contribution in [1.82, 2.24) is 24.9 Å². The predicted molar refractivity (Wildman–Crippen MR) is 89.8 cm³/mol. The van der Waals surface area contributed by atoms with Gasteiger partial charge in [-0.1, -0.05) is 5.16 Å². The van der Waals surface area contributed by atoms with Crippen molar-refractivity contribution in [3.63, 3.8) is 0 Å². The summed E-state index contributed by atoms with van der Waals surface area (Å²) in [6.07, 6.45) is 0.950. The maximum absolute atomic E-state index is 12.7. The Balaban J connectivity index is 1.72. The first-order valence-corrected chi connectivity index (χ1v) is 8.69. The minimum atomic E-state index is -4.45. The highest BCUT2D eigenvalue weighted by Gasteiger charge is 2.44. The highest BCUT2D eigenvalue weighted by molar-refractivity contribution is 5.84. The fourth-order valence-corrected chi connectivity index (χ4v) is 3.49. The molecule has 10 heteroatoms. The maximum atomic E-state index is 12.7. The van der Waals surface area contributed by atoms with Crippen LogP contribution in [-0.4, -0.2) is 51.3 Å². The largest absolute Gasteiger partial charge is 0.405 e. The average Bonchev–Trinajstić information content (AvgIpc) is 3.26. The van der Waals surface area contributed by atoms with E-state index in [0.29, 0.717) is 32.5 Å². The van der Waals surface area contributed by atoms with Crippen molar-refractivity contribution in [3.05, 3.63) is 35.7 Å². The van der Waals surface area contributed by atoms with Crippen LogP contribution in [0.1, 0.15) is 29.9 Å². The smallest absolute Gasteiger partial charge is 0.361 e. The molecule has 0 aromatic carbocycles. The SMILES string of the molecule is Cc1noc(C)c1CN1CCC(C(=O)NCC(F)(F)F)(n2ccnc2)CC1. The topological polar surface area (TPSA) is 76.2 Å². The summed E-state index contributed by atoms with van der Waals surface area (Å²) in [7, 11) is 0. The molecule has 0 unspecified atom stereocenters. The predicted octanol–water partition coefficient (Wildman–Crippen LogP) is 2.16. The van der Waals surface area contributed by atoms with Crippen LogP contribution in [0.25, 0.3) is 0 Å². The molecule has 0 spiro atoms. The summed E-state index contributed by atoms with van der Waals surface area (Å²) in [5, 5.41) is 5.99. The molecule has 0 saturated carbocycles. The number of aromatic nitrogens is 3. The highest BCUT2D eigenvalue weighted by Crippen LogP contribution is 2.32. The number of piperidine rings is 1. The van der Waals surface area contributed by atoms with Crippen molar-refractivity contribution in [2.75, 3.05) is 19.6 Å². The van der Waals surface area contributed by atoms with E-state index < -0.39 is 24.2 Å². The van der Waals surface area contributed by atoms with Gasteiger partial charge in [0.25, 0.3) is 0 Å². The number of nitrogens with one attached hydrogen (secondary N) is 1. The van der Waals surface area contributed by atoms with Gasteiger partial charge in [-0.2, -0.15) is 13.2 Å². The number of rotatable bonds is 5. The zero-order valence-electron chi connectivity index (χ0n) is 15.2. The van der Waals surface area contributed by atoms with Crippen molar-refractivity contribution in [1.29, 1.82) is 0 Å². The van der Waals surface area contributed by atoms with E-state index in [-0.39, 0.29) is 0 Å². The van der Waals surface area contributed by atoms with Crippen molar-refractivity contribution in [2.24, 2.45) is 0 Å². The Kier molecular flexibility index (Phi) is 5.27. The Morgan fingerprint density at radius 1 is 1.33 bits per heavy atom. The van der Waals surface area contributed by atoms with E-state index in [4.69, 9.17) is 4.52 Å². The number of hydrogen-bond acceptors (Lipinski definition) is 5. The number of alkyl halides is 3. The third-order valence-electron chi connectivity index (χ3n) is 5.12. The second-order valence-electron chi connectivity index (χ2n) is 6.88. The van der Waals surface area contributed by atoms with Crippen LogP contribution in [-0.2, 0) is 16.9 Å². The first kappa shape index (κ1) is 19.4. The fourth-order valence-electron chi connectivity index (χ4n) is 3.49. The van der Waals surface area contributed by atoms with Crippen LogP contribution >= 0.6 is 0 Å². The molecule has 2 aromatic rings. The van der Waals surface area contributed by atoms with Crippen molar-refractivity contribution in [2.45, 2.75) is 44.9 Å². The van der Waals surface area contributed by atoms with E-state index in [2.05, 4.69) is 15.0 Å². The summed E-state index contributed by atoms with van der Waals surface area (Å²) >= 11 is 0. The second kappa shape index (κ2) is 7.34. The number of amides is 1. The van der Waals surface area contributed by atoms with Crippen LogP contribution in [0.3, 0.4) is 0 Å². The lowest BCUT2D eigenvalue weighted by Gasteiger charge is -2.41. The van der Waals surface area contributed by atoms with Gasteiger partial charge in [0.1, 0.15) is 17.8 Å². The standard InChI is InChI=1S/C17H22F3N5O2/c1-12-14(13(2)27-23-12)9-24-6-3-16(4-7-24,25-8-5-21-11-25)15(26)22-10-17(18,19)20/h5,8,11H,3-4,6-7,9-10H2,1-2H3,(H,22,26). The quantitative estimate of drug-likeness (QED) is 0.854. The molecule has 0 bridgehead atoms. The minimum absolute atomic E-state index is 0.385. The van der Waals surface area contributed by atoms with Crippen LogP contribution in [0.15, 0.2) is 23.2 Å². The van der Waals surface area contributed by atoms with Gasteiger partial charge in [0.2, 0.25) is 5.91 Å². The van der Waals surface area contributed by atoms with Crippen LogP contribution in [0.5, 0.6) is 0 Å². The number of halogens is 3. The van der Waals surface area contributed by atoms with Gasteiger partial charge in [0.05, 0.1) is 12.0 Å². The summed E-state index contributed by atoms with van der Waals surface area (Å²) in [4.78, 5) is 18.8. The first-order valence-electron chi connectivity index (χ1n) is 8.69. The van der Waals surface area contributed by atoms with Crippen molar-refractivity contribution >= 4 is 5.91 Å². The van der Waals surface area contributed by atoms with Gasteiger partial charge < -0.3 is 14.4 Å². The summed E-state index contributed by atoms with van der Waals surface area (Å²) in [6.45, 7) is 4.12. The molecule has 1 saturated heterocycles. The van der Waals surface area contributed by atoms with Gasteiger partial charge in [-0.05, 0) is 26.7 Å². The summed E-state index contributed by atoms with van der Waals surface area (Å²) in [5.41, 5.74) is 0.755. The molecule has 0 radical (unpaired) electrons. The van der Waals surface area contributed by atoms with E-state index in [9.17, 15) is 18.0 Å². The van der Waals surface area contributed by atoms with E-state index in [1.807, 2.05) is 19.2 Å². The van der Waals surface area contributed by atoms with Gasteiger partial charge in [-0.15, -0.1) is 0 Å². The van der Waals surface area contributed by atoms with Crippen LogP contribution in [0.4, 0.5) is 13.2 Å². The van der Waals surface area contributed by atoms with Crippen LogP contribution in [0, 0.1) is 13.8 Å². The lowest BCUT2D eigenvalue weighted by Crippen LogP contribution is -2.55. The molecule has 2 aromatic heterocycles. The molecule has 27 heavy (non-hydrogen) atoms. The average molecular weight is 385 g/mol. The molecule has 1 amide bonds. The molecule has 3 heterocycles. The number of likely N-dealkylation sites (tertiary alicyclic amines) is 1. The first-order chi connectivity index (χ1) is 12.7. The van der Waals surface area contributed by atoms with Gasteiger partial charge in [-0.3, -0.25) is 9.69 Å². The molecule has 1 fully saturated rings. The highest BCUT2D eigenvalue weighted by atomic mass is 19.4. The second-order valence-corrected chi connectivity index (χ2v) is 6.88. The van der Waals surface area contributed by atoms with Crippen LogP contribution in [0.2, 0.25) is 0 Å². The van der Waals surface area contributed by atoms with Crippen molar-refractivity contribution < 1.29 is 22.5 Å². The van der Waals surface area contributed by atoms with Gasteiger partial charge in [-0.25, -0.2) is 4.98 Å². The molecule has 1 aliphatic heterocycles. The molecule has 3 rings (SSSR count). The van der Waals surface area contributed by atoms with E-state index in [1.165, 1.54) is 12.5 Å². The third-order valence-corrected chi connectivity index (χ3v) is 5.12. The van der Waals surface area contributed by atoms with E-state index in [0.717, 1.165) is 17.0 Å². The van der Waals surface area contributed by atoms with Gasteiger partial charge in [0, 0.05) is 37.6 Å². The molecule has 1 aliphatic rings. The zero-order valence-corrected chi connectivity index (χ0v) is 15.2. The Labute approximate surface area is 154 Å². The number of carbonyl (C=O) groups excluding carboxylic acids is 1. The van der Waals surface area contributed by atoms with E-state index in [1.54, 1.807) is 10.8 Å². The summed E-state index contributed by atoms with van der Waals surface area (Å²) in [5.74, 6) is 0.122. The Morgan fingerprint density at radius 3 is 2.56 bits per heavy atom. The Bertz CT molecular complexity index is 758. The van der Waals surface area contributed by atoms with Crippen molar-refractivity contribution in [3.8, 4) is 0 Å². The fraction of sp³-hybridized carbons (Fsp3) is 0.588. The van der Waals surface area contributed by atoms with Crippen LogP contribution < -0.4 is 5.32 Å². The molecule has 148 valence electrons. The van der Waals surface area contributed by atoms with E-state index >= 15 is 0 Å². The summed E-state index contributed by atoms with van der Waals surface area (Å²) < 4.78 is 44.4. The third kappa shape index (κ3) is 4.15. The summed E-state index contributed by atoms with van der Waals surface area (Å²) in [6, 6.07) is 0. The molecular weight excluding hydrogens is 363 g/mol. The number of aryl methyl sites for hydroxylation is 2.